The molecule has 0 radical (unpaired) electrons. The van der Waals surface area contributed by atoms with Gasteiger partial charge in [0, 0.05) is 30.9 Å². The average molecular weight is 355 g/mol. The van der Waals surface area contributed by atoms with Crippen LogP contribution in [0.4, 0.5) is 5.69 Å². The minimum atomic E-state index is -3.69. The summed E-state index contributed by atoms with van der Waals surface area (Å²) in [6, 6.07) is 18.5. The fraction of sp³-hybridized carbons (Fsp3) is 0.316. The predicted octanol–water partition coefficient (Wildman–Crippen LogP) is 2.85. The summed E-state index contributed by atoms with van der Waals surface area (Å²) < 4.78 is 27.6. The van der Waals surface area contributed by atoms with Gasteiger partial charge in [-0.1, -0.05) is 30.3 Å². The van der Waals surface area contributed by atoms with Gasteiger partial charge >= 0.3 is 0 Å². The van der Waals surface area contributed by atoms with Crippen LogP contribution in [0, 0.1) is 11.3 Å². The van der Waals surface area contributed by atoms with Crippen LogP contribution >= 0.6 is 0 Å². The van der Waals surface area contributed by atoms with Gasteiger partial charge in [-0.3, -0.25) is 0 Å². The first kappa shape index (κ1) is 17.5. The van der Waals surface area contributed by atoms with Crippen molar-refractivity contribution in [2.45, 2.75) is 30.8 Å². The van der Waals surface area contributed by atoms with Crippen molar-refractivity contribution in [3.63, 3.8) is 0 Å². The van der Waals surface area contributed by atoms with E-state index in [1.165, 1.54) is 10.4 Å². The lowest BCUT2D eigenvalue weighted by atomic mass is 10.1. The zero-order chi connectivity index (χ0) is 18.0. The zero-order valence-corrected chi connectivity index (χ0v) is 15.1. The van der Waals surface area contributed by atoms with E-state index in [9.17, 15) is 13.7 Å². The average Bonchev–Trinajstić information content (AvgIpc) is 2.62. The molecule has 0 bridgehead atoms. The van der Waals surface area contributed by atoms with Crippen molar-refractivity contribution in [3.8, 4) is 6.07 Å². The molecule has 6 heteroatoms. The number of para-hydroxylation sites is 1. The van der Waals surface area contributed by atoms with Gasteiger partial charge in [0.05, 0.1) is 10.5 Å². The molecule has 1 heterocycles. The van der Waals surface area contributed by atoms with Gasteiger partial charge in [0.25, 0.3) is 0 Å². The Balaban J connectivity index is 1.90. The van der Waals surface area contributed by atoms with Crippen molar-refractivity contribution in [2.75, 3.05) is 18.0 Å². The Kier molecular flexibility index (Phi) is 4.80. The van der Waals surface area contributed by atoms with Gasteiger partial charge in [0.2, 0.25) is 10.0 Å². The quantitative estimate of drug-likeness (QED) is 0.849. The lowest BCUT2D eigenvalue weighted by molar-refractivity contribution is 0.301. The smallest absolute Gasteiger partial charge is 0.244 e. The molecule has 2 aromatic carbocycles. The van der Waals surface area contributed by atoms with Crippen LogP contribution < -0.4 is 4.90 Å². The second kappa shape index (κ2) is 6.87. The summed E-state index contributed by atoms with van der Waals surface area (Å²) in [6.45, 7) is 4.84. The molecule has 0 aromatic heterocycles. The minimum absolute atomic E-state index is 0.0372. The fourth-order valence-corrected chi connectivity index (χ4v) is 5.25. The molecule has 2 aromatic rings. The van der Waals surface area contributed by atoms with Gasteiger partial charge in [-0.2, -0.15) is 9.57 Å². The first-order chi connectivity index (χ1) is 11.9. The molecule has 3 rings (SSSR count). The molecule has 1 aliphatic heterocycles. The molecular formula is C19H21N3O2S. The normalized spacial score (nSPS) is 21.7. The van der Waals surface area contributed by atoms with Crippen LogP contribution in [0.5, 0.6) is 0 Å². The maximum Gasteiger partial charge on any atom is 0.244 e. The highest BCUT2D eigenvalue weighted by Crippen LogP contribution is 2.28. The summed E-state index contributed by atoms with van der Waals surface area (Å²) in [4.78, 5) is 2.34. The van der Waals surface area contributed by atoms with Crippen LogP contribution in [0.25, 0.3) is 0 Å². The summed E-state index contributed by atoms with van der Waals surface area (Å²) in [5, 5.41) is 9.23. The van der Waals surface area contributed by atoms with Crippen LogP contribution in [0.3, 0.4) is 0 Å². The van der Waals surface area contributed by atoms with Gasteiger partial charge in [-0.15, -0.1) is 0 Å². The highest BCUT2D eigenvalue weighted by molar-refractivity contribution is 7.89. The maximum atomic E-state index is 13.1. The van der Waals surface area contributed by atoms with E-state index in [-0.39, 0.29) is 22.5 Å². The van der Waals surface area contributed by atoms with Gasteiger partial charge in [0.15, 0.2) is 0 Å². The van der Waals surface area contributed by atoms with E-state index in [1.807, 2.05) is 50.2 Å². The Hall–Kier alpha value is -2.36. The van der Waals surface area contributed by atoms with Crippen LogP contribution in [0.2, 0.25) is 0 Å². The van der Waals surface area contributed by atoms with E-state index in [0.717, 1.165) is 5.69 Å². The Morgan fingerprint density at radius 2 is 1.52 bits per heavy atom. The molecule has 1 fully saturated rings. The standard InChI is InChI=1S/C19H21N3O2S/c1-15-13-21(14-16(2)22(15)18-9-4-3-5-10-18)25(23,24)19-11-7-6-8-17(19)12-20/h3-11,15-16H,13-14H2,1-2H3. The highest BCUT2D eigenvalue weighted by Gasteiger charge is 2.37. The van der Waals surface area contributed by atoms with Crippen LogP contribution in [0.1, 0.15) is 19.4 Å². The number of nitrogens with zero attached hydrogens (tertiary/aromatic N) is 3. The maximum absolute atomic E-state index is 13.1. The summed E-state index contributed by atoms with van der Waals surface area (Å²) in [7, 11) is -3.69. The predicted molar refractivity (Wildman–Crippen MR) is 97.8 cm³/mol. The topological polar surface area (TPSA) is 64.4 Å². The van der Waals surface area contributed by atoms with E-state index in [0.29, 0.717) is 13.1 Å². The highest BCUT2D eigenvalue weighted by atomic mass is 32.2. The first-order valence-corrected chi connectivity index (χ1v) is 9.72. The second-order valence-corrected chi connectivity index (χ2v) is 8.28. The van der Waals surface area contributed by atoms with E-state index >= 15 is 0 Å². The SMILES string of the molecule is CC1CN(S(=O)(=O)c2ccccc2C#N)CC(C)N1c1ccccc1. The Morgan fingerprint density at radius 3 is 2.12 bits per heavy atom. The third kappa shape index (κ3) is 3.26. The minimum Gasteiger partial charge on any atom is -0.363 e. The zero-order valence-electron chi connectivity index (χ0n) is 14.3. The molecule has 0 N–H and O–H groups in total. The lowest BCUT2D eigenvalue weighted by Gasteiger charge is -2.45. The molecule has 25 heavy (non-hydrogen) atoms. The van der Waals surface area contributed by atoms with Crippen LogP contribution in [-0.4, -0.2) is 37.9 Å². The van der Waals surface area contributed by atoms with E-state index in [1.54, 1.807) is 18.2 Å². The molecule has 0 aliphatic carbocycles. The van der Waals surface area contributed by atoms with Crippen LogP contribution in [-0.2, 0) is 10.0 Å². The molecule has 2 atom stereocenters. The summed E-state index contributed by atoms with van der Waals surface area (Å²) in [5.74, 6) is 0. The Bertz CT molecular complexity index is 878. The Labute approximate surface area is 149 Å². The van der Waals surface area contributed by atoms with E-state index < -0.39 is 10.0 Å². The number of nitriles is 1. The van der Waals surface area contributed by atoms with Gasteiger partial charge in [-0.05, 0) is 38.1 Å². The van der Waals surface area contributed by atoms with Gasteiger partial charge < -0.3 is 4.90 Å². The Morgan fingerprint density at radius 1 is 0.960 bits per heavy atom. The van der Waals surface area contributed by atoms with Crippen molar-refractivity contribution >= 4 is 15.7 Å². The van der Waals surface area contributed by atoms with Crippen LogP contribution in [0.15, 0.2) is 59.5 Å². The monoisotopic (exact) mass is 355 g/mol. The molecule has 130 valence electrons. The van der Waals surface area contributed by atoms with Crippen molar-refractivity contribution in [3.05, 3.63) is 60.2 Å². The summed E-state index contributed by atoms with van der Waals surface area (Å²) in [6.07, 6.45) is 0. The molecule has 1 saturated heterocycles. The summed E-state index contributed by atoms with van der Waals surface area (Å²) >= 11 is 0. The molecule has 2 unspecified atom stereocenters. The van der Waals surface area contributed by atoms with Crippen molar-refractivity contribution in [1.29, 1.82) is 5.26 Å². The largest absolute Gasteiger partial charge is 0.363 e. The van der Waals surface area contributed by atoms with E-state index in [4.69, 9.17) is 0 Å². The number of hydrogen-bond acceptors (Lipinski definition) is 4. The van der Waals surface area contributed by atoms with Gasteiger partial charge in [0.1, 0.15) is 6.07 Å². The molecule has 1 aliphatic rings. The number of rotatable bonds is 3. The number of piperazine rings is 1. The number of benzene rings is 2. The van der Waals surface area contributed by atoms with E-state index in [2.05, 4.69) is 4.90 Å². The van der Waals surface area contributed by atoms with Crippen molar-refractivity contribution in [2.24, 2.45) is 0 Å². The fourth-order valence-electron chi connectivity index (χ4n) is 3.50. The molecule has 0 amide bonds. The number of sulfonamides is 1. The first-order valence-electron chi connectivity index (χ1n) is 8.28. The third-order valence-electron chi connectivity index (χ3n) is 4.57. The van der Waals surface area contributed by atoms with Crippen molar-refractivity contribution < 1.29 is 8.42 Å². The third-order valence-corrected chi connectivity index (χ3v) is 6.45. The molecule has 5 nitrogen and oxygen atoms in total. The van der Waals surface area contributed by atoms with Crippen molar-refractivity contribution in [1.82, 2.24) is 4.31 Å². The van der Waals surface area contributed by atoms with Gasteiger partial charge in [-0.25, -0.2) is 8.42 Å². The number of anilines is 1. The molecule has 0 spiro atoms. The molecule has 0 saturated carbocycles. The lowest BCUT2D eigenvalue weighted by Crippen LogP contribution is -2.58. The number of hydrogen-bond donors (Lipinski definition) is 0. The summed E-state index contributed by atoms with van der Waals surface area (Å²) in [5.41, 5.74) is 1.28. The second-order valence-electron chi connectivity index (χ2n) is 6.37. The molecular weight excluding hydrogens is 334 g/mol.